The molecule has 0 aromatic heterocycles. The first-order valence-corrected chi connectivity index (χ1v) is 13.0. The second kappa shape index (κ2) is 13.6. The largest absolute Gasteiger partial charge is 0.494 e. The van der Waals surface area contributed by atoms with Gasteiger partial charge in [-0.1, -0.05) is 24.3 Å². The van der Waals surface area contributed by atoms with Gasteiger partial charge in [0.05, 0.1) is 31.5 Å². The van der Waals surface area contributed by atoms with E-state index in [9.17, 15) is 9.59 Å². The predicted molar refractivity (Wildman–Crippen MR) is 140 cm³/mol. The van der Waals surface area contributed by atoms with Crippen molar-refractivity contribution in [1.82, 2.24) is 20.0 Å². The number of hydrogen-bond donors (Lipinski definition) is 1. The van der Waals surface area contributed by atoms with Crippen LogP contribution >= 0.6 is 0 Å². The second-order valence-corrected chi connectivity index (χ2v) is 9.22. The van der Waals surface area contributed by atoms with Gasteiger partial charge in [-0.15, -0.1) is 0 Å². The van der Waals surface area contributed by atoms with E-state index in [-0.39, 0.29) is 11.9 Å². The maximum Gasteiger partial charge on any atom is 0.317 e. The van der Waals surface area contributed by atoms with E-state index < -0.39 is 0 Å². The van der Waals surface area contributed by atoms with E-state index in [1.165, 1.54) is 0 Å². The summed E-state index contributed by atoms with van der Waals surface area (Å²) in [5.74, 6) is 0.934. The molecule has 0 bridgehead atoms. The van der Waals surface area contributed by atoms with Crippen molar-refractivity contribution in [2.75, 3.05) is 72.2 Å². The van der Waals surface area contributed by atoms with Crippen LogP contribution < -0.4 is 10.1 Å². The molecule has 0 spiro atoms. The molecule has 0 aliphatic carbocycles. The first-order chi connectivity index (χ1) is 18.1. The van der Waals surface area contributed by atoms with Crippen molar-refractivity contribution < 1.29 is 19.1 Å². The zero-order valence-corrected chi connectivity index (χ0v) is 21.2. The van der Waals surface area contributed by atoms with E-state index in [0.29, 0.717) is 64.5 Å². The molecule has 4 rings (SSSR count). The van der Waals surface area contributed by atoms with Gasteiger partial charge in [-0.25, -0.2) is 4.79 Å². The summed E-state index contributed by atoms with van der Waals surface area (Å²) in [5.41, 5.74) is 2.81. The molecule has 2 aliphatic heterocycles. The predicted octanol–water partition coefficient (Wildman–Crippen LogP) is 2.57. The van der Waals surface area contributed by atoms with Crippen LogP contribution in [0.3, 0.4) is 0 Å². The van der Waals surface area contributed by atoms with E-state index >= 15 is 0 Å². The second-order valence-electron chi connectivity index (χ2n) is 9.22. The van der Waals surface area contributed by atoms with E-state index in [1.807, 2.05) is 53.4 Å². The molecule has 2 saturated heterocycles. The number of ether oxygens (including phenoxy) is 2. The van der Waals surface area contributed by atoms with Crippen LogP contribution in [0.1, 0.15) is 18.4 Å². The molecule has 37 heavy (non-hydrogen) atoms. The highest BCUT2D eigenvalue weighted by Gasteiger charge is 2.21. The Hall–Kier alpha value is -3.61. The molecule has 9 nitrogen and oxygen atoms in total. The molecular formula is C28H35N5O4. The maximum absolute atomic E-state index is 12.5. The highest BCUT2D eigenvalue weighted by Crippen LogP contribution is 2.23. The monoisotopic (exact) mass is 505 g/mol. The Bertz CT molecular complexity index is 1050. The standard InChI is InChI=1S/C28H35N5O4/c29-22-23-2-4-24(5-3-23)25-6-8-26(9-7-25)37-19-1-12-31-13-15-32(16-14-31)27(34)10-11-30-28(35)33-17-20-36-21-18-33/h2-9H,1,10-21H2,(H,30,35). The zero-order chi connectivity index (χ0) is 25.9. The van der Waals surface area contributed by atoms with E-state index in [4.69, 9.17) is 14.7 Å². The third-order valence-corrected chi connectivity index (χ3v) is 6.73. The average molecular weight is 506 g/mol. The van der Waals surface area contributed by atoms with Crippen molar-refractivity contribution in [3.05, 3.63) is 54.1 Å². The summed E-state index contributed by atoms with van der Waals surface area (Å²) in [6, 6.07) is 17.6. The van der Waals surface area contributed by atoms with Gasteiger partial charge < -0.3 is 24.6 Å². The zero-order valence-electron chi connectivity index (χ0n) is 21.2. The Kier molecular flexibility index (Phi) is 9.74. The van der Waals surface area contributed by atoms with Gasteiger partial charge in [0.25, 0.3) is 0 Å². The molecule has 1 N–H and O–H groups in total. The lowest BCUT2D eigenvalue weighted by atomic mass is 10.0. The molecule has 0 atom stereocenters. The summed E-state index contributed by atoms with van der Waals surface area (Å²) in [5, 5.41) is 11.8. The molecule has 0 radical (unpaired) electrons. The Labute approximate surface area is 218 Å². The number of morpholine rings is 1. The highest BCUT2D eigenvalue weighted by molar-refractivity contribution is 5.78. The SMILES string of the molecule is N#Cc1ccc(-c2ccc(OCCCN3CCN(C(=O)CCNC(=O)N4CCOCC4)CC3)cc2)cc1. The van der Waals surface area contributed by atoms with Crippen molar-refractivity contribution in [2.24, 2.45) is 0 Å². The Balaban J connectivity index is 1.07. The molecule has 2 fully saturated rings. The minimum absolute atomic E-state index is 0.0923. The van der Waals surface area contributed by atoms with E-state index in [1.54, 1.807) is 4.90 Å². The number of carbonyl (C=O) groups is 2. The molecule has 196 valence electrons. The van der Waals surface area contributed by atoms with Crippen LogP contribution in [-0.2, 0) is 9.53 Å². The first kappa shape index (κ1) is 26.5. The van der Waals surface area contributed by atoms with Gasteiger partial charge in [0.2, 0.25) is 5.91 Å². The molecule has 2 aromatic carbocycles. The number of urea groups is 1. The smallest absolute Gasteiger partial charge is 0.317 e. The molecule has 0 unspecified atom stereocenters. The van der Waals surface area contributed by atoms with Gasteiger partial charge in [-0.3, -0.25) is 9.69 Å². The topological polar surface area (TPSA) is 98.1 Å². The van der Waals surface area contributed by atoms with Crippen molar-refractivity contribution in [1.29, 1.82) is 5.26 Å². The molecule has 2 heterocycles. The summed E-state index contributed by atoms with van der Waals surface area (Å²) in [6.07, 6.45) is 1.24. The van der Waals surface area contributed by atoms with Crippen LogP contribution in [0.15, 0.2) is 48.5 Å². The van der Waals surface area contributed by atoms with E-state index in [0.717, 1.165) is 42.9 Å². The maximum atomic E-state index is 12.5. The molecular weight excluding hydrogens is 470 g/mol. The lowest BCUT2D eigenvalue weighted by Crippen LogP contribution is -2.50. The number of benzene rings is 2. The number of nitrogens with one attached hydrogen (secondary N) is 1. The number of carbonyl (C=O) groups excluding carboxylic acids is 2. The van der Waals surface area contributed by atoms with Crippen LogP contribution in [0.5, 0.6) is 5.75 Å². The van der Waals surface area contributed by atoms with Gasteiger partial charge >= 0.3 is 6.03 Å². The van der Waals surface area contributed by atoms with Crippen molar-refractivity contribution >= 4 is 11.9 Å². The summed E-state index contributed by atoms with van der Waals surface area (Å²) >= 11 is 0. The number of nitriles is 1. The molecule has 0 saturated carbocycles. The van der Waals surface area contributed by atoms with Crippen LogP contribution in [0, 0.1) is 11.3 Å². The molecule has 3 amide bonds. The molecule has 2 aliphatic rings. The van der Waals surface area contributed by atoms with Gasteiger partial charge in [0, 0.05) is 58.8 Å². The van der Waals surface area contributed by atoms with Crippen molar-refractivity contribution in [3.8, 4) is 22.9 Å². The summed E-state index contributed by atoms with van der Waals surface area (Å²) in [4.78, 5) is 30.6. The number of rotatable bonds is 9. The quantitative estimate of drug-likeness (QED) is 0.526. The van der Waals surface area contributed by atoms with Crippen LogP contribution in [-0.4, -0.2) is 98.8 Å². The van der Waals surface area contributed by atoms with Crippen molar-refractivity contribution in [3.63, 3.8) is 0 Å². The number of amides is 3. The number of nitrogens with zero attached hydrogens (tertiary/aromatic N) is 4. The van der Waals surface area contributed by atoms with Gasteiger partial charge in [0.1, 0.15) is 5.75 Å². The number of hydrogen-bond acceptors (Lipinski definition) is 6. The molecule has 9 heteroatoms. The fraction of sp³-hybridized carbons (Fsp3) is 0.464. The minimum atomic E-state index is -0.120. The van der Waals surface area contributed by atoms with Crippen LogP contribution in [0.4, 0.5) is 4.79 Å². The normalized spacial score (nSPS) is 16.2. The van der Waals surface area contributed by atoms with Gasteiger partial charge in [-0.2, -0.15) is 5.26 Å². The van der Waals surface area contributed by atoms with Crippen molar-refractivity contribution in [2.45, 2.75) is 12.8 Å². The van der Waals surface area contributed by atoms with Crippen LogP contribution in [0.2, 0.25) is 0 Å². The Morgan fingerprint density at radius 2 is 1.54 bits per heavy atom. The summed E-state index contributed by atoms with van der Waals surface area (Å²) < 4.78 is 11.2. The third kappa shape index (κ3) is 7.94. The van der Waals surface area contributed by atoms with Crippen LogP contribution in [0.25, 0.3) is 11.1 Å². The van der Waals surface area contributed by atoms with E-state index in [2.05, 4.69) is 16.3 Å². The number of piperazine rings is 1. The summed E-state index contributed by atoms with van der Waals surface area (Å²) in [7, 11) is 0. The lowest BCUT2D eigenvalue weighted by molar-refractivity contribution is -0.132. The fourth-order valence-electron chi connectivity index (χ4n) is 4.49. The highest BCUT2D eigenvalue weighted by atomic mass is 16.5. The third-order valence-electron chi connectivity index (χ3n) is 6.73. The van der Waals surface area contributed by atoms with Gasteiger partial charge in [-0.05, 0) is 41.8 Å². The minimum Gasteiger partial charge on any atom is -0.494 e. The first-order valence-electron chi connectivity index (χ1n) is 13.0. The fourth-order valence-corrected chi connectivity index (χ4v) is 4.49. The van der Waals surface area contributed by atoms with Gasteiger partial charge in [0.15, 0.2) is 0 Å². The average Bonchev–Trinajstić information content (AvgIpc) is 2.96. The Morgan fingerprint density at radius 3 is 2.19 bits per heavy atom. The lowest BCUT2D eigenvalue weighted by Gasteiger charge is -2.35. The Morgan fingerprint density at radius 1 is 0.892 bits per heavy atom. The molecule has 2 aromatic rings. The summed E-state index contributed by atoms with van der Waals surface area (Å²) in [6.45, 7) is 7.39.